The molecule has 0 aliphatic carbocycles. The van der Waals surface area contributed by atoms with Crippen LogP contribution in [-0.2, 0) is 15.9 Å². The molecule has 1 aromatic rings. The van der Waals surface area contributed by atoms with E-state index in [0.717, 1.165) is 38.4 Å². The Morgan fingerprint density at radius 3 is 2.89 bits per heavy atom. The third-order valence-electron chi connectivity index (χ3n) is 3.35. The van der Waals surface area contributed by atoms with Crippen molar-refractivity contribution in [2.45, 2.75) is 38.1 Å². The largest absolute Gasteiger partial charge is 0.383 e. The van der Waals surface area contributed by atoms with Crippen LogP contribution < -0.4 is 5.32 Å². The highest BCUT2D eigenvalue weighted by molar-refractivity contribution is 4.97. The van der Waals surface area contributed by atoms with Gasteiger partial charge < -0.3 is 19.3 Å². The maximum atomic E-state index is 5.34. The fourth-order valence-electron chi connectivity index (χ4n) is 2.36. The summed E-state index contributed by atoms with van der Waals surface area (Å²) in [6.07, 6.45) is 2.67. The Labute approximate surface area is 113 Å². The number of hydrogen-bond acceptors (Lipinski definition) is 6. The average molecular weight is 269 g/mol. The molecular formula is C13H23N3O3. The number of likely N-dealkylation sites (N-methyl/N-ethyl adjacent to an activating group) is 1. The highest BCUT2D eigenvalue weighted by Crippen LogP contribution is 2.24. The summed E-state index contributed by atoms with van der Waals surface area (Å²) in [5.74, 6) is 1.89. The smallest absolute Gasteiger partial charge is 0.228 e. The Morgan fingerprint density at radius 2 is 2.21 bits per heavy atom. The van der Waals surface area contributed by atoms with Gasteiger partial charge in [0.1, 0.15) is 0 Å². The molecule has 1 fully saturated rings. The van der Waals surface area contributed by atoms with Crippen LogP contribution in [0.5, 0.6) is 0 Å². The molecule has 0 radical (unpaired) electrons. The molecule has 1 aliphatic rings. The molecule has 0 aromatic carbocycles. The van der Waals surface area contributed by atoms with Crippen LogP contribution in [0, 0.1) is 0 Å². The van der Waals surface area contributed by atoms with Crippen molar-refractivity contribution in [3.63, 3.8) is 0 Å². The van der Waals surface area contributed by atoms with Crippen LogP contribution in [0.15, 0.2) is 4.52 Å². The molecule has 1 unspecified atom stereocenters. The molecule has 1 aromatic heterocycles. The zero-order valence-electron chi connectivity index (χ0n) is 11.7. The van der Waals surface area contributed by atoms with E-state index in [4.69, 9.17) is 14.0 Å². The quantitative estimate of drug-likeness (QED) is 0.800. The number of ether oxygens (including phenoxy) is 2. The molecule has 1 saturated heterocycles. The monoisotopic (exact) mass is 269 g/mol. The van der Waals surface area contributed by atoms with E-state index < -0.39 is 0 Å². The minimum atomic E-state index is 0.220. The molecule has 2 heterocycles. The minimum absolute atomic E-state index is 0.220. The first-order valence-electron chi connectivity index (χ1n) is 6.96. The Hall–Kier alpha value is -0.980. The molecule has 6 nitrogen and oxygen atoms in total. The summed E-state index contributed by atoms with van der Waals surface area (Å²) in [4.78, 5) is 4.51. The zero-order valence-corrected chi connectivity index (χ0v) is 11.7. The number of nitrogens with zero attached hydrogens (tertiary/aromatic N) is 2. The molecule has 0 bridgehead atoms. The van der Waals surface area contributed by atoms with E-state index in [1.54, 1.807) is 7.11 Å². The van der Waals surface area contributed by atoms with Crippen molar-refractivity contribution in [2.24, 2.45) is 0 Å². The van der Waals surface area contributed by atoms with Crippen LogP contribution in [-0.4, -0.2) is 49.7 Å². The molecule has 0 amide bonds. The number of methoxy groups -OCH3 is 1. The van der Waals surface area contributed by atoms with Gasteiger partial charge in [-0.25, -0.2) is 0 Å². The van der Waals surface area contributed by atoms with Crippen LogP contribution in [0.4, 0.5) is 0 Å². The van der Waals surface area contributed by atoms with Crippen LogP contribution in [0.3, 0.4) is 0 Å². The van der Waals surface area contributed by atoms with Crippen LogP contribution in [0.2, 0.25) is 0 Å². The van der Waals surface area contributed by atoms with E-state index in [-0.39, 0.29) is 6.04 Å². The second kappa shape index (κ2) is 7.57. The maximum Gasteiger partial charge on any atom is 0.228 e. The van der Waals surface area contributed by atoms with Crippen molar-refractivity contribution in [2.75, 3.05) is 33.5 Å². The van der Waals surface area contributed by atoms with Crippen molar-refractivity contribution < 1.29 is 14.0 Å². The predicted molar refractivity (Wildman–Crippen MR) is 70.1 cm³/mol. The lowest BCUT2D eigenvalue weighted by molar-refractivity contribution is 0.0830. The maximum absolute atomic E-state index is 5.34. The van der Waals surface area contributed by atoms with Gasteiger partial charge in [-0.2, -0.15) is 4.98 Å². The van der Waals surface area contributed by atoms with Crippen molar-refractivity contribution in [1.29, 1.82) is 0 Å². The summed E-state index contributed by atoms with van der Waals surface area (Å²) in [5.41, 5.74) is 0. The molecule has 1 N–H and O–H groups in total. The number of hydrogen-bond donors (Lipinski definition) is 1. The van der Waals surface area contributed by atoms with Crippen LogP contribution >= 0.6 is 0 Å². The summed E-state index contributed by atoms with van der Waals surface area (Å²) < 4.78 is 15.9. The Bertz CT molecular complexity index is 358. The minimum Gasteiger partial charge on any atom is -0.383 e. The third-order valence-corrected chi connectivity index (χ3v) is 3.35. The Morgan fingerprint density at radius 1 is 1.42 bits per heavy atom. The number of rotatable bonds is 7. The molecule has 1 atom stereocenters. The topological polar surface area (TPSA) is 69.4 Å². The van der Waals surface area contributed by atoms with Gasteiger partial charge in [0, 0.05) is 38.7 Å². The van der Waals surface area contributed by atoms with Gasteiger partial charge in [-0.05, 0) is 19.4 Å². The Balaban J connectivity index is 1.91. The van der Waals surface area contributed by atoms with Gasteiger partial charge in [0.25, 0.3) is 0 Å². The average Bonchev–Trinajstić information content (AvgIpc) is 2.89. The lowest BCUT2D eigenvalue weighted by Crippen LogP contribution is -2.35. The van der Waals surface area contributed by atoms with Gasteiger partial charge >= 0.3 is 0 Å². The highest BCUT2D eigenvalue weighted by Gasteiger charge is 2.22. The lowest BCUT2D eigenvalue weighted by atomic mass is 10.00. The fourth-order valence-corrected chi connectivity index (χ4v) is 2.36. The molecule has 0 saturated carbocycles. The first-order valence-corrected chi connectivity index (χ1v) is 6.96. The zero-order chi connectivity index (χ0) is 13.5. The van der Waals surface area contributed by atoms with Gasteiger partial charge in [-0.1, -0.05) is 12.1 Å². The first kappa shape index (κ1) is 14.4. The summed E-state index contributed by atoms with van der Waals surface area (Å²) >= 11 is 0. The molecule has 0 spiro atoms. The molecule has 1 aliphatic heterocycles. The Kier molecular flexibility index (Phi) is 5.75. The standard InChI is InChI=1S/C13H23N3O3/c1-3-14-11(9-17-2)8-12-15-13(16-19-12)10-4-6-18-7-5-10/h10-11,14H,3-9H2,1-2H3. The van der Waals surface area contributed by atoms with Crippen molar-refractivity contribution in [3.05, 3.63) is 11.7 Å². The summed E-state index contributed by atoms with van der Waals surface area (Å²) in [5, 5.41) is 7.45. The van der Waals surface area contributed by atoms with E-state index in [9.17, 15) is 0 Å². The molecule has 19 heavy (non-hydrogen) atoms. The van der Waals surface area contributed by atoms with Crippen molar-refractivity contribution >= 4 is 0 Å². The van der Waals surface area contributed by atoms with Gasteiger partial charge in [0.05, 0.1) is 6.61 Å². The normalized spacial score (nSPS) is 18.6. The SMILES string of the molecule is CCNC(COC)Cc1nc(C2CCOCC2)no1. The predicted octanol–water partition coefficient (Wildman–Crippen LogP) is 1.13. The van der Waals surface area contributed by atoms with Gasteiger partial charge in [-0.3, -0.25) is 0 Å². The second-order valence-electron chi connectivity index (χ2n) is 4.85. The molecule has 6 heteroatoms. The second-order valence-corrected chi connectivity index (χ2v) is 4.85. The van der Waals surface area contributed by atoms with E-state index in [1.807, 2.05) is 0 Å². The van der Waals surface area contributed by atoms with Crippen molar-refractivity contribution in [1.82, 2.24) is 15.5 Å². The van der Waals surface area contributed by atoms with E-state index >= 15 is 0 Å². The van der Waals surface area contributed by atoms with Crippen molar-refractivity contribution in [3.8, 4) is 0 Å². The van der Waals surface area contributed by atoms with Gasteiger partial charge in [-0.15, -0.1) is 0 Å². The fraction of sp³-hybridized carbons (Fsp3) is 0.846. The molecular weight excluding hydrogens is 246 g/mol. The lowest BCUT2D eigenvalue weighted by Gasteiger charge is -2.18. The van der Waals surface area contributed by atoms with Gasteiger partial charge in [0.15, 0.2) is 5.82 Å². The summed E-state index contributed by atoms with van der Waals surface area (Å²) in [6, 6.07) is 0.220. The van der Waals surface area contributed by atoms with Crippen LogP contribution in [0.25, 0.3) is 0 Å². The van der Waals surface area contributed by atoms with E-state index in [1.165, 1.54) is 0 Å². The third kappa shape index (κ3) is 4.26. The number of nitrogens with one attached hydrogen (secondary N) is 1. The highest BCUT2D eigenvalue weighted by atomic mass is 16.5. The van der Waals surface area contributed by atoms with E-state index in [2.05, 4.69) is 22.4 Å². The van der Waals surface area contributed by atoms with E-state index in [0.29, 0.717) is 24.8 Å². The summed E-state index contributed by atoms with van der Waals surface area (Å²) in [7, 11) is 1.70. The summed E-state index contributed by atoms with van der Waals surface area (Å²) in [6.45, 7) is 5.19. The molecule has 108 valence electrons. The van der Waals surface area contributed by atoms with Crippen LogP contribution in [0.1, 0.15) is 37.4 Å². The van der Waals surface area contributed by atoms with Gasteiger partial charge in [0.2, 0.25) is 5.89 Å². The first-order chi connectivity index (χ1) is 9.33. The number of aromatic nitrogens is 2. The molecule has 2 rings (SSSR count).